The average Bonchev–Trinajstić information content (AvgIpc) is 2.93. The molecule has 0 aliphatic carbocycles. The predicted octanol–water partition coefficient (Wildman–Crippen LogP) is 2.38. The number of anilines is 1. The van der Waals surface area contributed by atoms with E-state index < -0.39 is 24.5 Å². The fourth-order valence-electron chi connectivity index (χ4n) is 2.02. The molecule has 0 spiro atoms. The van der Waals surface area contributed by atoms with Gasteiger partial charge in [-0.1, -0.05) is 13.0 Å². The monoisotopic (exact) mass is 396 g/mol. The third-order valence-corrected chi connectivity index (χ3v) is 4.51. The van der Waals surface area contributed by atoms with Crippen molar-refractivity contribution in [2.75, 3.05) is 32.6 Å². The van der Waals surface area contributed by atoms with Gasteiger partial charge in [-0.2, -0.15) is 0 Å². The predicted molar refractivity (Wildman–Crippen MR) is 102 cm³/mol. The maximum Gasteiger partial charge on any atom is 0.341 e. The second kappa shape index (κ2) is 10.5. The Labute approximate surface area is 162 Å². The SMILES string of the molecule is CC/C=C/C(=O)OCC(=O)Nc1sc(C(=O)N(C)C)c(C)c1C(=O)OCC. The van der Waals surface area contributed by atoms with Crippen molar-refractivity contribution in [1.82, 2.24) is 4.90 Å². The molecule has 1 aromatic heterocycles. The molecule has 0 fully saturated rings. The second-order valence-electron chi connectivity index (χ2n) is 5.65. The maximum atomic E-state index is 12.3. The lowest BCUT2D eigenvalue weighted by Crippen LogP contribution is -2.21. The van der Waals surface area contributed by atoms with Gasteiger partial charge in [-0.25, -0.2) is 9.59 Å². The first-order valence-electron chi connectivity index (χ1n) is 8.38. The van der Waals surface area contributed by atoms with E-state index in [2.05, 4.69) is 5.32 Å². The molecule has 2 amide bonds. The van der Waals surface area contributed by atoms with Crippen LogP contribution in [0.5, 0.6) is 0 Å². The minimum atomic E-state index is -0.637. The lowest BCUT2D eigenvalue weighted by Gasteiger charge is -2.09. The van der Waals surface area contributed by atoms with Crippen molar-refractivity contribution in [3.8, 4) is 0 Å². The van der Waals surface area contributed by atoms with Gasteiger partial charge in [-0.3, -0.25) is 9.59 Å². The molecule has 1 N–H and O–H groups in total. The summed E-state index contributed by atoms with van der Waals surface area (Å²) in [4.78, 5) is 49.8. The van der Waals surface area contributed by atoms with Gasteiger partial charge in [0.25, 0.3) is 11.8 Å². The van der Waals surface area contributed by atoms with Crippen molar-refractivity contribution in [3.05, 3.63) is 28.2 Å². The van der Waals surface area contributed by atoms with Crippen LogP contribution in [0, 0.1) is 6.92 Å². The van der Waals surface area contributed by atoms with Crippen molar-refractivity contribution < 1.29 is 28.7 Å². The molecule has 8 nitrogen and oxygen atoms in total. The highest BCUT2D eigenvalue weighted by Crippen LogP contribution is 2.34. The zero-order valence-corrected chi connectivity index (χ0v) is 16.9. The van der Waals surface area contributed by atoms with Gasteiger partial charge < -0.3 is 19.7 Å². The topological polar surface area (TPSA) is 102 Å². The van der Waals surface area contributed by atoms with Crippen molar-refractivity contribution in [1.29, 1.82) is 0 Å². The number of carbonyl (C=O) groups excluding carboxylic acids is 4. The van der Waals surface area contributed by atoms with Gasteiger partial charge in [0.05, 0.1) is 17.0 Å². The minimum absolute atomic E-state index is 0.123. The van der Waals surface area contributed by atoms with E-state index in [0.717, 1.165) is 11.3 Å². The van der Waals surface area contributed by atoms with E-state index in [1.165, 1.54) is 11.0 Å². The molecule has 0 bridgehead atoms. The van der Waals surface area contributed by atoms with Gasteiger partial charge in [-0.05, 0) is 25.8 Å². The molecule has 0 unspecified atom stereocenters. The molecule has 0 saturated heterocycles. The Morgan fingerprint density at radius 2 is 1.81 bits per heavy atom. The molecule has 0 aromatic carbocycles. The zero-order valence-electron chi connectivity index (χ0n) is 16.1. The molecule has 148 valence electrons. The van der Waals surface area contributed by atoms with Crippen LogP contribution in [0.2, 0.25) is 0 Å². The number of ether oxygens (including phenoxy) is 2. The Hall–Kier alpha value is -2.68. The lowest BCUT2D eigenvalue weighted by molar-refractivity contribution is -0.142. The van der Waals surface area contributed by atoms with Gasteiger partial charge in [0.1, 0.15) is 5.00 Å². The van der Waals surface area contributed by atoms with Crippen molar-refractivity contribution >= 4 is 40.1 Å². The molecule has 9 heteroatoms. The normalized spacial score (nSPS) is 10.6. The summed E-state index contributed by atoms with van der Waals surface area (Å²) in [7, 11) is 3.18. The highest BCUT2D eigenvalue weighted by atomic mass is 32.1. The molecule has 1 aromatic rings. The summed E-state index contributed by atoms with van der Waals surface area (Å²) < 4.78 is 9.85. The van der Waals surface area contributed by atoms with E-state index in [1.54, 1.807) is 34.0 Å². The van der Waals surface area contributed by atoms with E-state index in [0.29, 0.717) is 16.9 Å². The minimum Gasteiger partial charge on any atom is -0.462 e. The first-order valence-corrected chi connectivity index (χ1v) is 9.19. The number of amides is 2. The van der Waals surface area contributed by atoms with Gasteiger partial charge in [0, 0.05) is 20.2 Å². The highest BCUT2D eigenvalue weighted by Gasteiger charge is 2.27. The summed E-state index contributed by atoms with van der Waals surface area (Å²) >= 11 is 0.975. The molecule has 0 radical (unpaired) electrons. The van der Waals surface area contributed by atoms with E-state index >= 15 is 0 Å². The number of nitrogens with one attached hydrogen (secondary N) is 1. The van der Waals surface area contributed by atoms with E-state index in [-0.39, 0.29) is 23.1 Å². The number of nitrogens with zero attached hydrogens (tertiary/aromatic N) is 1. The fourth-order valence-corrected chi connectivity index (χ4v) is 3.25. The Morgan fingerprint density at radius 3 is 2.37 bits per heavy atom. The third-order valence-electron chi connectivity index (χ3n) is 3.31. The molecule has 1 rings (SSSR count). The van der Waals surface area contributed by atoms with Crippen molar-refractivity contribution in [2.45, 2.75) is 27.2 Å². The summed E-state index contributed by atoms with van der Waals surface area (Å²) in [5, 5.41) is 2.70. The molecular formula is C18H24N2O6S. The van der Waals surface area contributed by atoms with Crippen LogP contribution < -0.4 is 5.32 Å². The third kappa shape index (κ3) is 6.21. The van der Waals surface area contributed by atoms with Crippen LogP contribution in [0.3, 0.4) is 0 Å². The number of carbonyl (C=O) groups is 4. The summed E-state index contributed by atoms with van der Waals surface area (Å²) in [6.45, 7) is 4.78. The van der Waals surface area contributed by atoms with Crippen LogP contribution in [-0.4, -0.2) is 56.0 Å². The zero-order chi connectivity index (χ0) is 20.6. The van der Waals surface area contributed by atoms with Crippen LogP contribution in [0.25, 0.3) is 0 Å². The summed E-state index contributed by atoms with van der Waals surface area (Å²) in [5.41, 5.74) is 0.549. The largest absolute Gasteiger partial charge is 0.462 e. The average molecular weight is 396 g/mol. The Morgan fingerprint density at radius 1 is 1.15 bits per heavy atom. The summed E-state index contributed by atoms with van der Waals surface area (Å²) in [6.07, 6.45) is 3.52. The van der Waals surface area contributed by atoms with Crippen LogP contribution in [0.15, 0.2) is 12.2 Å². The standard InChI is InChI=1S/C18H24N2O6S/c1-6-8-9-13(22)26-10-12(21)19-16-14(18(24)25-7-2)11(3)15(27-16)17(23)20(4)5/h8-9H,6-7,10H2,1-5H3,(H,19,21)/b9-8+. The van der Waals surface area contributed by atoms with Gasteiger partial charge in [0.2, 0.25) is 0 Å². The van der Waals surface area contributed by atoms with Crippen LogP contribution in [0.4, 0.5) is 5.00 Å². The molecule has 0 atom stereocenters. The molecular weight excluding hydrogens is 372 g/mol. The van der Waals surface area contributed by atoms with E-state index in [1.807, 2.05) is 6.92 Å². The van der Waals surface area contributed by atoms with Crippen LogP contribution in [0.1, 0.15) is 45.9 Å². The first-order chi connectivity index (χ1) is 12.7. The van der Waals surface area contributed by atoms with E-state index in [9.17, 15) is 19.2 Å². The fraction of sp³-hybridized carbons (Fsp3) is 0.444. The molecule has 0 aliphatic rings. The molecule has 1 heterocycles. The maximum absolute atomic E-state index is 12.3. The highest BCUT2D eigenvalue weighted by molar-refractivity contribution is 7.18. The first kappa shape index (κ1) is 22.4. The van der Waals surface area contributed by atoms with Crippen molar-refractivity contribution in [3.63, 3.8) is 0 Å². The smallest absolute Gasteiger partial charge is 0.341 e. The number of hydrogen-bond donors (Lipinski definition) is 1. The van der Waals surface area contributed by atoms with Crippen LogP contribution >= 0.6 is 11.3 Å². The summed E-state index contributed by atoms with van der Waals surface area (Å²) in [6, 6.07) is 0. The summed E-state index contributed by atoms with van der Waals surface area (Å²) in [5.74, 6) is -2.19. The number of allylic oxidation sites excluding steroid dienone is 1. The Balaban J connectivity index is 3.03. The number of thiophene rings is 1. The second-order valence-corrected chi connectivity index (χ2v) is 6.67. The van der Waals surface area contributed by atoms with Gasteiger partial charge >= 0.3 is 11.9 Å². The molecule has 0 saturated carbocycles. The Bertz CT molecular complexity index is 751. The quantitative estimate of drug-likeness (QED) is 0.535. The van der Waals surface area contributed by atoms with Crippen molar-refractivity contribution in [2.24, 2.45) is 0 Å². The van der Waals surface area contributed by atoms with E-state index in [4.69, 9.17) is 9.47 Å². The number of esters is 2. The lowest BCUT2D eigenvalue weighted by atomic mass is 10.1. The van der Waals surface area contributed by atoms with Crippen LogP contribution in [-0.2, 0) is 19.1 Å². The Kier molecular flexibility index (Phi) is 8.67. The molecule has 27 heavy (non-hydrogen) atoms. The number of hydrogen-bond acceptors (Lipinski definition) is 7. The molecule has 0 aliphatic heterocycles. The number of rotatable bonds is 8. The van der Waals surface area contributed by atoms with Gasteiger partial charge in [0.15, 0.2) is 6.61 Å². The van der Waals surface area contributed by atoms with Gasteiger partial charge in [-0.15, -0.1) is 11.3 Å².